The largest absolute Gasteiger partial charge is 0.465 e. The maximum Gasteiger partial charge on any atom is 0.136 e. The lowest BCUT2D eigenvalue weighted by molar-refractivity contribution is 0.222. The minimum Gasteiger partial charge on any atom is -0.465 e. The van der Waals surface area contributed by atoms with Crippen LogP contribution in [0.3, 0.4) is 0 Å². The zero-order chi connectivity index (χ0) is 17.1. The van der Waals surface area contributed by atoms with Crippen molar-refractivity contribution < 1.29 is 4.42 Å². The zero-order valence-corrected chi connectivity index (χ0v) is 15.2. The molecular weight excluding hydrogens is 312 g/mol. The van der Waals surface area contributed by atoms with E-state index in [1.807, 2.05) is 12.1 Å². The van der Waals surface area contributed by atoms with Crippen molar-refractivity contribution >= 4 is 6.08 Å². The molecule has 0 atom stereocenters. The van der Waals surface area contributed by atoms with E-state index in [9.17, 15) is 0 Å². The highest BCUT2D eigenvalue weighted by Crippen LogP contribution is 2.29. The number of rotatable bonds is 4. The summed E-state index contributed by atoms with van der Waals surface area (Å²) < 4.78 is 7.84. The molecule has 2 aromatic rings. The van der Waals surface area contributed by atoms with E-state index in [0.717, 1.165) is 38.4 Å². The molecule has 0 amide bonds. The van der Waals surface area contributed by atoms with Crippen molar-refractivity contribution in [3.63, 3.8) is 0 Å². The van der Waals surface area contributed by atoms with Gasteiger partial charge in [-0.05, 0) is 63.9 Å². The van der Waals surface area contributed by atoms with Crippen LogP contribution in [-0.4, -0.2) is 39.3 Å². The highest BCUT2D eigenvalue weighted by Gasteiger charge is 2.26. The second kappa shape index (κ2) is 7.56. The number of likely N-dealkylation sites (tertiary alicyclic amines) is 1. The molecule has 4 rings (SSSR count). The molecule has 0 N–H and O–H groups in total. The predicted molar refractivity (Wildman–Crippen MR) is 98.4 cm³/mol. The number of aromatic nitrogens is 3. The molecule has 2 aromatic heterocycles. The minimum absolute atomic E-state index is 0.574. The molecule has 0 unspecified atom stereocenters. The second-order valence-electron chi connectivity index (χ2n) is 7.49. The molecule has 1 saturated heterocycles. The Morgan fingerprint density at radius 3 is 2.88 bits per heavy atom. The van der Waals surface area contributed by atoms with E-state index in [1.165, 1.54) is 49.3 Å². The average Bonchev–Trinajstić information content (AvgIpc) is 3.20. The summed E-state index contributed by atoms with van der Waals surface area (Å²) in [7, 11) is 0. The van der Waals surface area contributed by atoms with Gasteiger partial charge in [-0.25, -0.2) is 0 Å². The highest BCUT2D eigenvalue weighted by molar-refractivity contribution is 5.46. The van der Waals surface area contributed by atoms with Gasteiger partial charge in [0, 0.05) is 25.4 Å². The predicted octanol–water partition coefficient (Wildman–Crippen LogP) is 3.88. The Balaban J connectivity index is 1.35. The van der Waals surface area contributed by atoms with Crippen LogP contribution in [0.4, 0.5) is 0 Å². The van der Waals surface area contributed by atoms with Crippen molar-refractivity contribution in [2.75, 3.05) is 19.6 Å². The molecule has 2 aliphatic rings. The molecule has 0 aromatic carbocycles. The van der Waals surface area contributed by atoms with Crippen LogP contribution in [0.5, 0.6) is 0 Å². The van der Waals surface area contributed by atoms with Gasteiger partial charge in [0.05, 0.1) is 6.26 Å². The van der Waals surface area contributed by atoms with Gasteiger partial charge in [-0.1, -0.05) is 12.0 Å². The zero-order valence-electron chi connectivity index (χ0n) is 15.2. The van der Waals surface area contributed by atoms with Crippen LogP contribution in [0.2, 0.25) is 0 Å². The highest BCUT2D eigenvalue weighted by atomic mass is 16.3. The third kappa shape index (κ3) is 3.87. The quantitative estimate of drug-likeness (QED) is 0.847. The van der Waals surface area contributed by atoms with E-state index in [4.69, 9.17) is 4.42 Å². The summed E-state index contributed by atoms with van der Waals surface area (Å²) in [5, 5.41) is 9.05. The summed E-state index contributed by atoms with van der Waals surface area (Å²) in [6.07, 6.45) is 11.2. The molecule has 0 bridgehead atoms. The van der Waals surface area contributed by atoms with E-state index in [1.54, 1.807) is 6.26 Å². The van der Waals surface area contributed by atoms with Crippen LogP contribution in [0, 0.1) is 0 Å². The molecule has 2 aliphatic heterocycles. The van der Waals surface area contributed by atoms with Crippen LogP contribution in [-0.2, 0) is 13.0 Å². The summed E-state index contributed by atoms with van der Waals surface area (Å²) >= 11 is 0. The molecule has 134 valence electrons. The number of aryl methyl sites for hydroxylation is 1. The van der Waals surface area contributed by atoms with Crippen molar-refractivity contribution in [3.8, 4) is 0 Å². The summed E-state index contributed by atoms with van der Waals surface area (Å²) in [5.41, 5.74) is 1.35. The third-order valence-corrected chi connectivity index (χ3v) is 5.50. The second-order valence-corrected chi connectivity index (χ2v) is 7.49. The maximum absolute atomic E-state index is 5.41. The average molecular weight is 340 g/mol. The van der Waals surface area contributed by atoms with Gasteiger partial charge < -0.3 is 8.98 Å². The fourth-order valence-electron chi connectivity index (χ4n) is 4.17. The van der Waals surface area contributed by atoms with Crippen LogP contribution in [0.1, 0.15) is 62.4 Å². The third-order valence-electron chi connectivity index (χ3n) is 5.50. The Bertz CT molecular complexity index is 708. The monoisotopic (exact) mass is 340 g/mol. The molecule has 0 aliphatic carbocycles. The van der Waals surface area contributed by atoms with Gasteiger partial charge >= 0.3 is 0 Å². The SMILES string of the molecule is C/C(=C\c1ccco1)CN1CCC(c2nnc3n2CCCCC3)CC1. The summed E-state index contributed by atoms with van der Waals surface area (Å²) in [6, 6.07) is 3.94. The number of hydrogen-bond acceptors (Lipinski definition) is 4. The molecule has 0 saturated carbocycles. The lowest BCUT2D eigenvalue weighted by Gasteiger charge is -2.31. The van der Waals surface area contributed by atoms with Crippen LogP contribution in [0.15, 0.2) is 28.4 Å². The number of hydrogen-bond donors (Lipinski definition) is 0. The number of nitrogens with zero attached hydrogens (tertiary/aromatic N) is 4. The summed E-state index contributed by atoms with van der Waals surface area (Å²) in [4.78, 5) is 2.55. The first-order chi connectivity index (χ1) is 12.3. The van der Waals surface area contributed by atoms with Crippen molar-refractivity contribution in [2.45, 2.75) is 57.9 Å². The van der Waals surface area contributed by atoms with Crippen molar-refractivity contribution in [1.29, 1.82) is 0 Å². The molecule has 1 fully saturated rings. The first-order valence-corrected chi connectivity index (χ1v) is 9.64. The Morgan fingerprint density at radius 2 is 2.08 bits per heavy atom. The number of piperidine rings is 1. The van der Waals surface area contributed by atoms with Gasteiger partial charge in [0.1, 0.15) is 17.4 Å². The van der Waals surface area contributed by atoms with Gasteiger partial charge in [-0.3, -0.25) is 4.90 Å². The Labute approximate surface area is 149 Å². The van der Waals surface area contributed by atoms with Crippen molar-refractivity contribution in [2.24, 2.45) is 0 Å². The van der Waals surface area contributed by atoms with Gasteiger partial charge in [0.25, 0.3) is 0 Å². The van der Waals surface area contributed by atoms with Gasteiger partial charge in [-0.2, -0.15) is 0 Å². The molecule has 5 heteroatoms. The van der Waals surface area contributed by atoms with E-state index >= 15 is 0 Å². The molecule has 4 heterocycles. The lowest BCUT2D eigenvalue weighted by atomic mass is 9.95. The summed E-state index contributed by atoms with van der Waals surface area (Å²) in [6.45, 7) is 6.59. The van der Waals surface area contributed by atoms with Crippen molar-refractivity contribution in [3.05, 3.63) is 41.4 Å². The van der Waals surface area contributed by atoms with Gasteiger partial charge in [0.15, 0.2) is 0 Å². The fourth-order valence-corrected chi connectivity index (χ4v) is 4.17. The standard InChI is InChI=1S/C20H28N4O/c1-16(14-18-6-5-13-25-18)15-23-11-8-17(9-12-23)20-22-21-19-7-3-2-4-10-24(19)20/h5-6,13-14,17H,2-4,7-12,15H2,1H3/b16-14+. The smallest absolute Gasteiger partial charge is 0.136 e. The first-order valence-electron chi connectivity index (χ1n) is 9.64. The van der Waals surface area contributed by atoms with E-state index in [-0.39, 0.29) is 0 Å². The molecule has 0 radical (unpaired) electrons. The van der Waals surface area contributed by atoms with Gasteiger partial charge in [-0.15, -0.1) is 10.2 Å². The van der Waals surface area contributed by atoms with E-state index < -0.39 is 0 Å². The Morgan fingerprint density at radius 1 is 1.20 bits per heavy atom. The Kier molecular flexibility index (Phi) is 5.02. The van der Waals surface area contributed by atoms with Crippen LogP contribution >= 0.6 is 0 Å². The normalized spacial score (nSPS) is 20.4. The first kappa shape index (κ1) is 16.6. The number of fused-ring (bicyclic) bond motifs is 1. The molecule has 25 heavy (non-hydrogen) atoms. The topological polar surface area (TPSA) is 47.1 Å². The minimum atomic E-state index is 0.574. The lowest BCUT2D eigenvalue weighted by Crippen LogP contribution is -2.34. The maximum atomic E-state index is 5.41. The Hall–Kier alpha value is -1.88. The fraction of sp³-hybridized carbons (Fsp3) is 0.600. The van der Waals surface area contributed by atoms with Crippen LogP contribution < -0.4 is 0 Å². The van der Waals surface area contributed by atoms with Gasteiger partial charge in [0.2, 0.25) is 0 Å². The van der Waals surface area contributed by atoms with E-state index in [0.29, 0.717) is 5.92 Å². The van der Waals surface area contributed by atoms with Crippen LogP contribution in [0.25, 0.3) is 6.08 Å². The van der Waals surface area contributed by atoms with E-state index in [2.05, 4.69) is 32.7 Å². The molecule has 5 nitrogen and oxygen atoms in total. The number of furan rings is 1. The summed E-state index contributed by atoms with van der Waals surface area (Å²) in [5.74, 6) is 3.98. The molecular formula is C20H28N4O. The molecule has 0 spiro atoms. The van der Waals surface area contributed by atoms with Crippen molar-refractivity contribution in [1.82, 2.24) is 19.7 Å².